The van der Waals surface area contributed by atoms with E-state index in [1.165, 1.54) is 10.1 Å². The van der Waals surface area contributed by atoms with E-state index >= 15 is 0 Å². The fourth-order valence-electron chi connectivity index (χ4n) is 2.90. The van der Waals surface area contributed by atoms with Crippen LogP contribution in [0.1, 0.15) is 53.4 Å². The lowest BCUT2D eigenvalue weighted by Crippen LogP contribution is -2.35. The van der Waals surface area contributed by atoms with Crippen LogP contribution in [-0.4, -0.2) is 16.4 Å². The topological polar surface area (TPSA) is 94.2 Å². The molecule has 0 aliphatic heterocycles. The molecule has 1 atom stereocenters. The van der Waals surface area contributed by atoms with Gasteiger partial charge in [-0.1, -0.05) is 26.0 Å². The van der Waals surface area contributed by atoms with Crippen molar-refractivity contribution in [1.29, 1.82) is 0 Å². The Labute approximate surface area is 153 Å². The maximum Gasteiger partial charge on any atom is 0.264 e. The van der Waals surface area contributed by atoms with Crippen LogP contribution in [0.5, 0.6) is 0 Å². The number of nitrogens with one attached hydrogen (secondary N) is 1. The van der Waals surface area contributed by atoms with Gasteiger partial charge in [-0.2, -0.15) is 0 Å². The fourth-order valence-corrected chi connectivity index (χ4v) is 2.90. The Balaban J connectivity index is 2.19. The van der Waals surface area contributed by atoms with E-state index < -0.39 is 11.5 Å². The van der Waals surface area contributed by atoms with Gasteiger partial charge >= 0.3 is 0 Å². The van der Waals surface area contributed by atoms with Crippen LogP contribution in [0.2, 0.25) is 0 Å². The maximum absolute atomic E-state index is 12.5. The van der Waals surface area contributed by atoms with Gasteiger partial charge in [-0.25, -0.2) is 0 Å². The molecule has 26 heavy (non-hydrogen) atoms. The first-order chi connectivity index (χ1) is 12.2. The second-order valence-electron chi connectivity index (χ2n) is 6.58. The van der Waals surface area contributed by atoms with Gasteiger partial charge in [-0.05, 0) is 55.5 Å². The molecular weight excluding hydrogens is 330 g/mol. The summed E-state index contributed by atoms with van der Waals surface area (Å²) in [6.07, 6.45) is 1.05. The van der Waals surface area contributed by atoms with Gasteiger partial charge in [0, 0.05) is 11.4 Å². The molecule has 6 nitrogen and oxygen atoms in total. The lowest BCUT2D eigenvalue weighted by molar-refractivity contribution is -0.116. The molecule has 0 fully saturated rings. The maximum atomic E-state index is 12.5. The average molecular weight is 355 g/mol. The number of pyridine rings is 1. The van der Waals surface area contributed by atoms with Gasteiger partial charge in [0.05, 0.1) is 0 Å². The van der Waals surface area contributed by atoms with Crippen molar-refractivity contribution in [3.8, 4) is 0 Å². The Morgan fingerprint density at radius 3 is 2.35 bits per heavy atom. The van der Waals surface area contributed by atoms with Crippen LogP contribution >= 0.6 is 0 Å². The number of benzene rings is 1. The molecule has 138 valence electrons. The number of anilines is 1. The van der Waals surface area contributed by atoms with E-state index in [0.717, 1.165) is 6.42 Å². The molecule has 2 rings (SSSR count). The van der Waals surface area contributed by atoms with Crippen LogP contribution in [0.3, 0.4) is 0 Å². The second-order valence-corrected chi connectivity index (χ2v) is 6.58. The van der Waals surface area contributed by atoms with Crippen LogP contribution in [0.25, 0.3) is 0 Å². The summed E-state index contributed by atoms with van der Waals surface area (Å²) >= 11 is 0. The number of nitrogens with two attached hydrogens (primary N) is 1. The lowest BCUT2D eigenvalue weighted by atomic mass is 9.99. The number of carbonyl (C=O) groups is 2. The number of aryl methyl sites for hydroxylation is 2. The molecule has 2 aromatic rings. The Morgan fingerprint density at radius 1 is 1.19 bits per heavy atom. The predicted molar refractivity (Wildman–Crippen MR) is 102 cm³/mol. The summed E-state index contributed by atoms with van der Waals surface area (Å²) in [5.74, 6) is -0.672. The van der Waals surface area contributed by atoms with Crippen LogP contribution in [0.15, 0.2) is 35.1 Å². The minimum absolute atomic E-state index is 0.0821. The van der Waals surface area contributed by atoms with E-state index in [0.29, 0.717) is 22.9 Å². The van der Waals surface area contributed by atoms with Crippen LogP contribution < -0.4 is 16.6 Å². The Hall–Kier alpha value is -2.89. The molecule has 0 aliphatic carbocycles. The summed E-state index contributed by atoms with van der Waals surface area (Å²) in [7, 11) is 0. The SMILES string of the molecule is CCC(C)c1ccc(NC(=O)Cn2c(C)cc(C)c(C(N)=O)c2=O)cc1. The summed E-state index contributed by atoms with van der Waals surface area (Å²) in [6, 6.07) is 9.34. The van der Waals surface area contributed by atoms with Crippen LogP contribution in [0.4, 0.5) is 5.69 Å². The summed E-state index contributed by atoms with van der Waals surface area (Å²) in [5, 5.41) is 2.78. The van der Waals surface area contributed by atoms with E-state index in [-0.39, 0.29) is 18.0 Å². The van der Waals surface area contributed by atoms with E-state index in [9.17, 15) is 14.4 Å². The third-order valence-electron chi connectivity index (χ3n) is 4.63. The number of aromatic nitrogens is 1. The molecule has 0 aliphatic rings. The average Bonchev–Trinajstić information content (AvgIpc) is 2.58. The van der Waals surface area contributed by atoms with Crippen LogP contribution in [-0.2, 0) is 11.3 Å². The van der Waals surface area contributed by atoms with Gasteiger partial charge in [-0.3, -0.25) is 14.4 Å². The molecule has 0 saturated carbocycles. The molecule has 0 bridgehead atoms. The highest BCUT2D eigenvalue weighted by Crippen LogP contribution is 2.20. The fraction of sp³-hybridized carbons (Fsp3) is 0.350. The van der Waals surface area contributed by atoms with Crippen molar-refractivity contribution in [3.63, 3.8) is 0 Å². The first-order valence-corrected chi connectivity index (χ1v) is 8.65. The van der Waals surface area contributed by atoms with E-state index in [4.69, 9.17) is 5.73 Å². The Kier molecular flexibility index (Phi) is 5.97. The standard InChI is InChI=1S/C20H25N3O3/c1-5-12(2)15-6-8-16(9-7-15)22-17(24)11-23-14(4)10-13(3)18(19(21)25)20(23)26/h6-10,12H,5,11H2,1-4H3,(H2,21,25)(H,22,24). The highest BCUT2D eigenvalue weighted by Gasteiger charge is 2.16. The molecule has 6 heteroatoms. The van der Waals surface area contributed by atoms with Crippen molar-refractivity contribution in [3.05, 3.63) is 63.1 Å². The third kappa shape index (κ3) is 4.20. The molecule has 1 heterocycles. The van der Waals surface area contributed by atoms with Crippen molar-refractivity contribution >= 4 is 17.5 Å². The molecule has 0 saturated heterocycles. The van der Waals surface area contributed by atoms with Gasteiger partial charge in [0.25, 0.3) is 11.5 Å². The first kappa shape index (κ1) is 19.4. The lowest BCUT2D eigenvalue weighted by Gasteiger charge is -2.14. The summed E-state index contributed by atoms with van der Waals surface area (Å²) in [4.78, 5) is 36.3. The summed E-state index contributed by atoms with van der Waals surface area (Å²) < 4.78 is 1.26. The number of rotatable bonds is 6. The van der Waals surface area contributed by atoms with Crippen molar-refractivity contribution in [1.82, 2.24) is 4.57 Å². The number of amides is 2. The minimum Gasteiger partial charge on any atom is -0.365 e. The van der Waals surface area contributed by atoms with Crippen LogP contribution in [0, 0.1) is 13.8 Å². The monoisotopic (exact) mass is 355 g/mol. The van der Waals surface area contributed by atoms with Crippen molar-refractivity contribution in [2.24, 2.45) is 5.73 Å². The molecule has 1 aromatic carbocycles. The Morgan fingerprint density at radius 2 is 1.81 bits per heavy atom. The molecule has 2 amide bonds. The molecule has 0 spiro atoms. The van der Waals surface area contributed by atoms with E-state index in [2.05, 4.69) is 19.2 Å². The zero-order valence-electron chi connectivity index (χ0n) is 15.6. The van der Waals surface area contributed by atoms with Crippen molar-refractivity contribution in [2.75, 3.05) is 5.32 Å². The van der Waals surface area contributed by atoms with Gasteiger partial charge < -0.3 is 15.6 Å². The Bertz CT molecular complexity index is 882. The third-order valence-corrected chi connectivity index (χ3v) is 4.63. The van der Waals surface area contributed by atoms with Gasteiger partial charge in [0.15, 0.2) is 0 Å². The summed E-state index contributed by atoms with van der Waals surface area (Å²) in [5.41, 5.74) is 7.64. The molecular formula is C20H25N3O3. The number of hydrogen-bond donors (Lipinski definition) is 2. The first-order valence-electron chi connectivity index (χ1n) is 8.65. The molecule has 1 aromatic heterocycles. The van der Waals surface area contributed by atoms with Gasteiger partial charge in [-0.15, -0.1) is 0 Å². The molecule has 3 N–H and O–H groups in total. The smallest absolute Gasteiger partial charge is 0.264 e. The minimum atomic E-state index is -0.790. The van der Waals surface area contributed by atoms with Crippen molar-refractivity contribution < 1.29 is 9.59 Å². The van der Waals surface area contributed by atoms with E-state index in [1.807, 2.05) is 24.3 Å². The van der Waals surface area contributed by atoms with Gasteiger partial charge in [0.1, 0.15) is 12.1 Å². The number of nitrogens with zero attached hydrogens (tertiary/aromatic N) is 1. The normalized spacial score (nSPS) is 11.8. The highest BCUT2D eigenvalue weighted by molar-refractivity contribution is 5.94. The molecule has 1 unspecified atom stereocenters. The van der Waals surface area contributed by atoms with Crippen molar-refractivity contribution in [2.45, 2.75) is 46.6 Å². The zero-order valence-corrected chi connectivity index (χ0v) is 15.6. The predicted octanol–water partition coefficient (Wildman–Crippen LogP) is 2.72. The molecule has 0 radical (unpaired) electrons. The van der Waals surface area contributed by atoms with Gasteiger partial charge in [0.2, 0.25) is 5.91 Å². The summed E-state index contributed by atoms with van der Waals surface area (Å²) in [6.45, 7) is 7.46. The highest BCUT2D eigenvalue weighted by atomic mass is 16.2. The quantitative estimate of drug-likeness (QED) is 0.834. The zero-order chi connectivity index (χ0) is 19.4. The second kappa shape index (κ2) is 7.99. The number of carbonyl (C=O) groups excluding carboxylic acids is 2. The van der Waals surface area contributed by atoms with E-state index in [1.54, 1.807) is 19.9 Å². The number of hydrogen-bond acceptors (Lipinski definition) is 3. The largest absolute Gasteiger partial charge is 0.365 e. The number of primary amides is 1.